The molecule has 0 rings (SSSR count). The zero-order chi connectivity index (χ0) is 34.3. The van der Waals surface area contributed by atoms with Gasteiger partial charge in [0.2, 0.25) is 0 Å². The van der Waals surface area contributed by atoms with Crippen LogP contribution in [0.15, 0.2) is 0 Å². The third kappa shape index (κ3) is 38.6. The van der Waals surface area contributed by atoms with Crippen LogP contribution >= 0.6 is 0 Å². The second kappa shape index (κ2) is 27.8. The molecule has 0 aromatic carbocycles. The van der Waals surface area contributed by atoms with Crippen LogP contribution in [0.5, 0.6) is 0 Å². The first-order chi connectivity index (χ1) is 16.6. The quantitative estimate of drug-likeness (QED) is 0.213. The molecule has 0 amide bonds. The first-order valence-corrected chi connectivity index (χ1v) is 49.9. The van der Waals surface area contributed by atoms with Crippen molar-refractivity contribution in [3.63, 3.8) is 0 Å². The number of hydrogen-bond acceptors (Lipinski definition) is 0. The third-order valence-electron chi connectivity index (χ3n) is 6.56. The number of rotatable bonds is 8. The smallest absolute Gasteiger partial charge is 0 e. The van der Waals surface area contributed by atoms with Crippen molar-refractivity contribution in [1.29, 1.82) is 0 Å². The SMILES string of the molecule is C[Si](C)(C)[CH]([Sb])[Si](C)(C)C.C[Si](C)(C)[CH]([Sb])[Si](C)(C)C.C[Si](C)(C)[CH]([Sb])[Si](C)(C)C.C[Si](C)(C)[CH]([Sb])[Si](C)(C)C.[Sb].[Sb].[Sb].[Sb]. The van der Waals surface area contributed by atoms with E-state index in [0.717, 1.165) is 12.4 Å². The minimum atomic E-state index is -0.812. The predicted molar refractivity (Wildman–Crippen MR) is 248 cm³/mol. The third-order valence-corrected chi connectivity index (χ3v) is 93.5. The number of hydrogen-bond donors (Lipinski definition) is 0. The van der Waals surface area contributed by atoms with Gasteiger partial charge in [0.05, 0.1) is 0 Å². The van der Waals surface area contributed by atoms with E-state index >= 15 is 0 Å². The fraction of sp³-hybridized carbons (Fsp3) is 1.00. The summed E-state index contributed by atoms with van der Waals surface area (Å²) < 4.78 is 4.37. The van der Waals surface area contributed by atoms with Gasteiger partial charge in [-0.05, 0) is 0 Å². The summed E-state index contributed by atoms with van der Waals surface area (Å²) in [6, 6.07) is 0. The molecular formula is C28H76Sb8Si8. The molecule has 0 unspecified atom stereocenters. The standard InChI is InChI=1S/4C7H19Si2.8Sb/c4*1-8(2,3)7-9(4,5)6;;;;;;;;/h4*7H,1-6H3;;;;;;;;. The maximum Gasteiger partial charge on any atom is 0 e. The maximum absolute atomic E-state index is 2.49. The molecule has 0 aliphatic carbocycles. The molecule has 20 radical (unpaired) electrons. The van der Waals surface area contributed by atoms with Crippen LogP contribution in [0.4, 0.5) is 0 Å². The summed E-state index contributed by atoms with van der Waals surface area (Å²) >= 11 is 8.35. The van der Waals surface area contributed by atoms with E-state index in [2.05, 4.69) is 249 Å². The van der Waals surface area contributed by atoms with Gasteiger partial charge in [0.25, 0.3) is 0 Å². The normalized spacial score (nSPS) is 13.1. The second-order valence-electron chi connectivity index (χ2n) is 20.5. The van der Waals surface area contributed by atoms with Crippen LogP contribution < -0.4 is 0 Å². The van der Waals surface area contributed by atoms with E-state index in [1.165, 1.54) is 0 Å². The van der Waals surface area contributed by atoms with E-state index in [9.17, 15) is 0 Å². The average Bonchev–Trinajstić information content (AvgIpc) is 2.61. The summed E-state index contributed by atoms with van der Waals surface area (Å²) in [5.74, 6) is 0. The zero-order valence-electron chi connectivity index (χ0n) is 33.9. The minimum Gasteiger partial charge on any atom is 0 e. The predicted octanol–water partition coefficient (Wildman–Crippen LogP) is 9.27. The van der Waals surface area contributed by atoms with Gasteiger partial charge in [-0.1, -0.05) is 0 Å². The van der Waals surface area contributed by atoms with Gasteiger partial charge in [0, 0.05) is 97.7 Å². The summed E-state index contributed by atoms with van der Waals surface area (Å²) in [6.45, 7) is 59.9. The Morgan fingerprint density at radius 1 is 0.205 bits per heavy atom. The molecule has 0 spiro atoms. The monoisotopic (exact) mass is 1600 g/mol. The first kappa shape index (κ1) is 70.1. The molecule has 0 aliphatic heterocycles. The summed E-state index contributed by atoms with van der Waals surface area (Å²) in [5.41, 5.74) is 0. The van der Waals surface area contributed by atoms with Crippen LogP contribution in [-0.2, 0) is 0 Å². The molecule has 44 heavy (non-hydrogen) atoms. The fourth-order valence-corrected chi connectivity index (χ4v) is 46.8. The molecule has 0 heterocycles. The van der Waals surface area contributed by atoms with E-state index in [0.29, 0.717) is 0 Å². The Bertz CT molecular complexity index is 514. The molecular weight excluding hydrogens is 1540 g/mol. The Labute approximate surface area is 415 Å². The van der Waals surface area contributed by atoms with Gasteiger partial charge in [-0.3, -0.25) is 0 Å². The molecule has 0 bridgehead atoms. The van der Waals surface area contributed by atoms with Crippen molar-refractivity contribution in [3.05, 3.63) is 0 Å². The maximum atomic E-state index is 2.49. The zero-order valence-corrected chi connectivity index (χ0v) is 62.3. The van der Waals surface area contributed by atoms with Crippen LogP contribution in [0, 0.1) is 0 Å². The second-order valence-corrected chi connectivity index (χ2v) is 82.8. The molecule has 0 N–H and O–H groups in total. The van der Waals surface area contributed by atoms with Gasteiger partial charge in [-0.15, -0.1) is 0 Å². The van der Waals surface area contributed by atoms with Crippen molar-refractivity contribution in [2.75, 3.05) is 0 Å². The molecule has 0 nitrogen and oxygen atoms in total. The Hall–Kier alpha value is 8.28. The van der Waals surface area contributed by atoms with Gasteiger partial charge in [0.1, 0.15) is 0 Å². The van der Waals surface area contributed by atoms with Crippen molar-refractivity contribution in [1.82, 2.24) is 0 Å². The molecule has 0 saturated carbocycles. The van der Waals surface area contributed by atoms with Crippen molar-refractivity contribution < 1.29 is 0 Å². The molecule has 0 saturated heterocycles. The fourth-order valence-electron chi connectivity index (χ4n) is 5.20. The van der Waals surface area contributed by atoms with Gasteiger partial charge in [0.15, 0.2) is 0 Å². The van der Waals surface area contributed by atoms with Crippen molar-refractivity contribution >= 4 is 254 Å². The van der Waals surface area contributed by atoms with Crippen molar-refractivity contribution in [2.45, 2.75) is 170 Å². The van der Waals surface area contributed by atoms with Gasteiger partial charge in [-0.2, -0.15) is 0 Å². The van der Waals surface area contributed by atoms with E-state index in [1.54, 1.807) is 0 Å². The van der Waals surface area contributed by atoms with E-state index in [4.69, 9.17) is 0 Å². The largest absolute Gasteiger partial charge is 0 e. The summed E-state index contributed by atoms with van der Waals surface area (Å²) in [6.07, 6.45) is 0. The van der Waals surface area contributed by atoms with Crippen molar-refractivity contribution in [2.24, 2.45) is 0 Å². The van der Waals surface area contributed by atoms with Gasteiger partial charge in [-0.25, -0.2) is 0 Å². The molecule has 0 aromatic rings. The van der Waals surface area contributed by atoms with E-state index < -0.39 is 64.6 Å². The Balaban J connectivity index is -0.0000000635. The molecule has 0 atom stereocenters. The van der Waals surface area contributed by atoms with Gasteiger partial charge < -0.3 is 0 Å². The van der Waals surface area contributed by atoms with Crippen molar-refractivity contribution in [3.8, 4) is 0 Å². The summed E-state index contributed by atoms with van der Waals surface area (Å²) in [5, 5.41) is 0. The van der Waals surface area contributed by atoms with Crippen LogP contribution in [0.25, 0.3) is 0 Å². The van der Waals surface area contributed by atoms with Gasteiger partial charge >= 0.3 is 326 Å². The van der Waals surface area contributed by atoms with Crippen LogP contribution in [0.2, 0.25) is 170 Å². The van der Waals surface area contributed by atoms with E-state index in [1.807, 2.05) is 0 Å². The molecule has 16 heteroatoms. The molecule has 0 aromatic heterocycles. The topological polar surface area (TPSA) is 0 Å². The van der Waals surface area contributed by atoms with Crippen LogP contribution in [0.3, 0.4) is 0 Å². The van der Waals surface area contributed by atoms with E-state index in [-0.39, 0.29) is 97.7 Å². The minimum absolute atomic E-state index is 0. The summed E-state index contributed by atoms with van der Waals surface area (Å²) in [4.78, 5) is 0. The van der Waals surface area contributed by atoms with Crippen LogP contribution in [-0.4, -0.2) is 254 Å². The molecule has 0 fully saturated rings. The molecule has 0 aliphatic rings. The Morgan fingerprint density at radius 3 is 0.250 bits per heavy atom. The first-order valence-electron chi connectivity index (χ1n) is 15.3. The molecule has 260 valence electrons. The Morgan fingerprint density at radius 2 is 0.250 bits per heavy atom. The summed E-state index contributed by atoms with van der Waals surface area (Å²) in [7, 11) is -6.50. The van der Waals surface area contributed by atoms with Crippen LogP contribution in [0.1, 0.15) is 0 Å². The Kier molecular flexibility index (Phi) is 44.3. The average molecular weight is 1610 g/mol.